The second-order valence-electron chi connectivity index (χ2n) is 3.05. The highest BCUT2D eigenvalue weighted by Gasteiger charge is 2.28. The quantitative estimate of drug-likeness (QED) is 0.863. The molecule has 0 aliphatic heterocycles. The molecular formula is C8H9F3N2O3S. The van der Waals surface area contributed by atoms with Gasteiger partial charge in [-0.05, 0) is 12.1 Å². The van der Waals surface area contributed by atoms with Gasteiger partial charge in [0.15, 0.2) is 6.61 Å². The molecule has 1 rings (SSSR count). The zero-order chi connectivity index (χ0) is 13.1. The van der Waals surface area contributed by atoms with Crippen molar-refractivity contribution in [1.29, 1.82) is 0 Å². The van der Waals surface area contributed by atoms with Gasteiger partial charge in [0.2, 0.25) is 0 Å². The monoisotopic (exact) mass is 270 g/mol. The Balaban J connectivity index is 2.85. The second-order valence-corrected chi connectivity index (χ2v) is 4.34. The van der Waals surface area contributed by atoms with E-state index in [0.717, 1.165) is 0 Å². The van der Waals surface area contributed by atoms with E-state index in [-0.39, 0.29) is 11.4 Å². The Kier molecular flexibility index (Phi) is 3.83. The fourth-order valence-electron chi connectivity index (χ4n) is 0.990. The maximum absolute atomic E-state index is 11.9. The summed E-state index contributed by atoms with van der Waals surface area (Å²) in [6, 6.07) is 5.25. The predicted octanol–water partition coefficient (Wildman–Crippen LogP) is 1.24. The van der Waals surface area contributed by atoms with Crippen LogP contribution in [0.4, 0.5) is 18.9 Å². The number of nitrogens with two attached hydrogens (primary N) is 1. The van der Waals surface area contributed by atoms with E-state index < -0.39 is 23.0 Å². The molecule has 0 unspecified atom stereocenters. The Hall–Kier alpha value is -1.48. The molecule has 3 N–H and O–H groups in total. The number of nitrogens with one attached hydrogen (secondary N) is 1. The molecule has 1 aromatic carbocycles. The molecule has 0 saturated carbocycles. The minimum atomic E-state index is -4.51. The van der Waals surface area contributed by atoms with Crippen molar-refractivity contribution in [2.24, 2.45) is 5.14 Å². The number of hydrogen-bond acceptors (Lipinski definition) is 3. The van der Waals surface area contributed by atoms with E-state index in [1.165, 1.54) is 24.3 Å². The average Bonchev–Trinajstić information content (AvgIpc) is 2.12. The van der Waals surface area contributed by atoms with E-state index in [9.17, 15) is 21.6 Å². The van der Waals surface area contributed by atoms with E-state index in [1.54, 1.807) is 0 Å². The Bertz CT molecular complexity index is 487. The molecule has 0 radical (unpaired) electrons. The molecule has 0 bridgehead atoms. The Morgan fingerprint density at radius 3 is 2.41 bits per heavy atom. The minimum Gasteiger partial charge on any atom is -0.482 e. The summed E-state index contributed by atoms with van der Waals surface area (Å²) in [5.41, 5.74) is -0.153. The number of benzene rings is 1. The lowest BCUT2D eigenvalue weighted by Gasteiger charge is -2.13. The van der Waals surface area contributed by atoms with E-state index >= 15 is 0 Å². The van der Waals surface area contributed by atoms with Crippen molar-refractivity contribution in [3.63, 3.8) is 0 Å². The summed E-state index contributed by atoms with van der Waals surface area (Å²) in [4.78, 5) is 0. The number of alkyl halides is 3. The second kappa shape index (κ2) is 4.80. The van der Waals surface area contributed by atoms with Crippen molar-refractivity contribution in [2.75, 3.05) is 11.3 Å². The molecule has 0 saturated heterocycles. The highest BCUT2D eigenvalue weighted by molar-refractivity contribution is 7.90. The maximum Gasteiger partial charge on any atom is 0.422 e. The third-order valence-corrected chi connectivity index (χ3v) is 2.04. The summed E-state index contributed by atoms with van der Waals surface area (Å²) in [6.45, 7) is -1.52. The number of halogens is 3. The zero-order valence-electron chi connectivity index (χ0n) is 8.36. The van der Waals surface area contributed by atoms with Crippen LogP contribution < -0.4 is 14.6 Å². The molecule has 0 amide bonds. The van der Waals surface area contributed by atoms with Crippen molar-refractivity contribution in [3.05, 3.63) is 24.3 Å². The summed E-state index contributed by atoms with van der Waals surface area (Å²) in [6.07, 6.45) is -4.51. The summed E-state index contributed by atoms with van der Waals surface area (Å²) in [7, 11) is -4.06. The highest BCUT2D eigenvalue weighted by atomic mass is 32.2. The third kappa shape index (κ3) is 5.41. The number of ether oxygens (including phenoxy) is 1. The molecule has 0 heterocycles. The topological polar surface area (TPSA) is 81.4 Å². The molecule has 5 nitrogen and oxygen atoms in total. The average molecular weight is 270 g/mol. The fourth-order valence-corrected chi connectivity index (χ4v) is 1.46. The standard InChI is InChI=1S/C8H9F3N2O3S/c9-8(10,11)5-16-7-4-2-1-3-6(7)13-17(12,14)15/h1-4,13H,5H2,(H2,12,14,15). The fraction of sp³-hybridized carbons (Fsp3) is 0.250. The van der Waals surface area contributed by atoms with Gasteiger partial charge in [-0.2, -0.15) is 21.6 Å². The SMILES string of the molecule is NS(=O)(=O)Nc1ccccc1OCC(F)(F)F. The van der Waals surface area contributed by atoms with Gasteiger partial charge in [0.1, 0.15) is 5.75 Å². The third-order valence-electron chi connectivity index (χ3n) is 1.53. The van der Waals surface area contributed by atoms with E-state index in [0.29, 0.717) is 0 Å². The maximum atomic E-state index is 11.9. The molecule has 0 aliphatic carbocycles. The lowest BCUT2D eigenvalue weighted by molar-refractivity contribution is -0.153. The lowest BCUT2D eigenvalue weighted by atomic mass is 10.3. The number of anilines is 1. The van der Waals surface area contributed by atoms with Gasteiger partial charge in [0, 0.05) is 0 Å². The van der Waals surface area contributed by atoms with Crippen molar-refractivity contribution in [1.82, 2.24) is 0 Å². The van der Waals surface area contributed by atoms with Crippen LogP contribution in [0.25, 0.3) is 0 Å². The number of para-hydroxylation sites is 2. The molecule has 1 aromatic rings. The summed E-state index contributed by atoms with van der Waals surface area (Å²) < 4.78 is 63.5. The Labute approximate surface area is 95.6 Å². The van der Waals surface area contributed by atoms with Crippen molar-refractivity contribution in [3.8, 4) is 5.75 Å². The smallest absolute Gasteiger partial charge is 0.422 e. The minimum absolute atomic E-state index is 0.153. The van der Waals surface area contributed by atoms with Crippen LogP contribution in [0.2, 0.25) is 0 Å². The van der Waals surface area contributed by atoms with Crippen LogP contribution in [0.3, 0.4) is 0 Å². The van der Waals surface area contributed by atoms with Crippen molar-refractivity contribution < 1.29 is 26.3 Å². The van der Waals surface area contributed by atoms with Crippen LogP contribution in [0.1, 0.15) is 0 Å². The van der Waals surface area contributed by atoms with Crippen LogP contribution in [-0.2, 0) is 10.2 Å². The van der Waals surface area contributed by atoms with Crippen LogP contribution in [-0.4, -0.2) is 21.2 Å². The molecule has 17 heavy (non-hydrogen) atoms. The van der Waals surface area contributed by atoms with Crippen molar-refractivity contribution >= 4 is 15.9 Å². The van der Waals surface area contributed by atoms with Crippen LogP contribution in [0, 0.1) is 0 Å². The van der Waals surface area contributed by atoms with Gasteiger partial charge < -0.3 is 4.74 Å². The first-order valence-corrected chi connectivity index (χ1v) is 5.81. The van der Waals surface area contributed by atoms with E-state index in [4.69, 9.17) is 5.14 Å². The summed E-state index contributed by atoms with van der Waals surface area (Å²) >= 11 is 0. The molecule has 96 valence electrons. The van der Waals surface area contributed by atoms with Gasteiger partial charge in [-0.3, -0.25) is 4.72 Å². The normalized spacial score (nSPS) is 12.2. The number of hydrogen-bond donors (Lipinski definition) is 2. The first-order valence-electron chi connectivity index (χ1n) is 4.26. The van der Waals surface area contributed by atoms with Gasteiger partial charge >= 0.3 is 6.18 Å². The largest absolute Gasteiger partial charge is 0.482 e. The highest BCUT2D eigenvalue weighted by Crippen LogP contribution is 2.26. The van der Waals surface area contributed by atoms with Gasteiger partial charge in [0.25, 0.3) is 10.2 Å². The number of rotatable bonds is 4. The lowest BCUT2D eigenvalue weighted by Crippen LogP contribution is -2.23. The zero-order valence-corrected chi connectivity index (χ0v) is 9.18. The summed E-state index contributed by atoms with van der Waals surface area (Å²) in [5, 5.41) is 4.70. The van der Waals surface area contributed by atoms with E-state index in [2.05, 4.69) is 4.74 Å². The van der Waals surface area contributed by atoms with Crippen LogP contribution >= 0.6 is 0 Å². The van der Waals surface area contributed by atoms with Crippen LogP contribution in [0.15, 0.2) is 24.3 Å². The molecule has 0 spiro atoms. The molecule has 0 aromatic heterocycles. The molecular weight excluding hydrogens is 261 g/mol. The first-order chi connectivity index (χ1) is 7.67. The van der Waals surface area contributed by atoms with Gasteiger partial charge in [-0.25, -0.2) is 5.14 Å². The van der Waals surface area contributed by atoms with Gasteiger partial charge in [-0.1, -0.05) is 12.1 Å². The predicted molar refractivity (Wildman–Crippen MR) is 54.7 cm³/mol. The molecule has 0 atom stereocenters. The van der Waals surface area contributed by atoms with Gasteiger partial charge in [0.05, 0.1) is 5.69 Å². The van der Waals surface area contributed by atoms with Crippen molar-refractivity contribution in [2.45, 2.75) is 6.18 Å². The van der Waals surface area contributed by atoms with E-state index in [1.807, 2.05) is 4.72 Å². The Morgan fingerprint density at radius 2 is 1.88 bits per heavy atom. The molecule has 9 heteroatoms. The Morgan fingerprint density at radius 1 is 1.29 bits per heavy atom. The van der Waals surface area contributed by atoms with Gasteiger partial charge in [-0.15, -0.1) is 0 Å². The first kappa shape index (κ1) is 13.6. The summed E-state index contributed by atoms with van der Waals surface area (Å²) in [5.74, 6) is -0.251. The molecule has 0 fully saturated rings. The molecule has 0 aliphatic rings. The van der Waals surface area contributed by atoms with Crippen LogP contribution in [0.5, 0.6) is 5.75 Å².